The number of carbonyl (C=O) groups excluding carboxylic acids is 8. The Bertz CT molecular complexity index is 1380. The summed E-state index contributed by atoms with van der Waals surface area (Å²) in [5.41, 5.74) is 22.4. The van der Waals surface area contributed by atoms with Gasteiger partial charge in [0.05, 0.1) is 19.0 Å². The Morgan fingerprint density at radius 1 is 0.840 bits per heavy atom. The first-order valence-electron chi connectivity index (χ1n) is 16.3. The molecule has 0 unspecified atom stereocenters. The Morgan fingerprint density at radius 3 is 2.10 bits per heavy atom. The van der Waals surface area contributed by atoms with E-state index in [1.165, 1.54) is 16.7 Å². The molecule has 1 aliphatic heterocycles. The highest BCUT2D eigenvalue weighted by atomic mass is 32.2. The predicted molar refractivity (Wildman–Crippen MR) is 185 cm³/mol. The zero-order valence-electron chi connectivity index (χ0n) is 28.4. The number of primary amides is 3. The Hall–Kier alpha value is -4.71. The van der Waals surface area contributed by atoms with Crippen molar-refractivity contribution in [1.82, 2.24) is 26.2 Å². The molecule has 0 aromatic heterocycles. The second-order valence-electron chi connectivity index (χ2n) is 12.5. The molecule has 5 atom stereocenters. The van der Waals surface area contributed by atoms with Gasteiger partial charge >= 0.3 is 0 Å². The van der Waals surface area contributed by atoms with E-state index in [0.717, 1.165) is 5.56 Å². The van der Waals surface area contributed by atoms with Gasteiger partial charge in [0.25, 0.3) is 0 Å². The van der Waals surface area contributed by atoms with Crippen molar-refractivity contribution in [1.29, 1.82) is 0 Å². The van der Waals surface area contributed by atoms with Gasteiger partial charge in [-0.3, -0.25) is 38.4 Å². The fraction of sp³-hybridized carbons (Fsp3) is 0.562. The largest absolute Gasteiger partial charge is 0.370 e. The topological polar surface area (TPSA) is 292 Å². The number of nitrogens with two attached hydrogens (primary N) is 4. The van der Waals surface area contributed by atoms with Crippen molar-refractivity contribution in [2.75, 3.05) is 18.8 Å². The van der Waals surface area contributed by atoms with Gasteiger partial charge in [0.15, 0.2) is 0 Å². The first kappa shape index (κ1) is 41.5. The lowest BCUT2D eigenvalue weighted by Gasteiger charge is -2.31. The van der Waals surface area contributed by atoms with E-state index in [4.69, 9.17) is 22.9 Å². The number of nitrogens with zero attached hydrogens (tertiary/aromatic N) is 1. The molecule has 0 bridgehead atoms. The molecule has 12 N–H and O–H groups in total. The Morgan fingerprint density at radius 2 is 1.50 bits per heavy atom. The Kier molecular flexibility index (Phi) is 17.2. The van der Waals surface area contributed by atoms with Crippen molar-refractivity contribution in [2.45, 2.75) is 88.3 Å². The third kappa shape index (κ3) is 14.4. The van der Waals surface area contributed by atoms with Crippen LogP contribution in [0.25, 0.3) is 0 Å². The minimum Gasteiger partial charge on any atom is -0.370 e. The summed E-state index contributed by atoms with van der Waals surface area (Å²) < 4.78 is 0. The number of amides is 8. The van der Waals surface area contributed by atoms with Crippen molar-refractivity contribution >= 4 is 59.0 Å². The van der Waals surface area contributed by atoms with Crippen LogP contribution in [0, 0.1) is 5.92 Å². The second kappa shape index (κ2) is 20.7. The van der Waals surface area contributed by atoms with E-state index in [-0.39, 0.29) is 43.9 Å². The quantitative estimate of drug-likeness (QED) is 0.0660. The molecule has 0 radical (unpaired) electrons. The van der Waals surface area contributed by atoms with Crippen LogP contribution in [0.5, 0.6) is 0 Å². The average molecular weight is 720 g/mol. The summed E-state index contributed by atoms with van der Waals surface area (Å²) in [5.74, 6) is -5.28. The lowest BCUT2D eigenvalue weighted by atomic mass is 10.0. The van der Waals surface area contributed by atoms with E-state index in [1.54, 1.807) is 0 Å². The first-order valence-corrected chi connectivity index (χ1v) is 17.5. The van der Waals surface area contributed by atoms with Gasteiger partial charge in [0, 0.05) is 24.5 Å². The van der Waals surface area contributed by atoms with Crippen LogP contribution >= 0.6 is 11.8 Å². The molecule has 1 fully saturated rings. The minimum atomic E-state index is -1.50. The smallest absolute Gasteiger partial charge is 0.246 e. The van der Waals surface area contributed by atoms with Gasteiger partial charge < -0.3 is 49.1 Å². The van der Waals surface area contributed by atoms with Crippen molar-refractivity contribution in [3.05, 3.63) is 35.9 Å². The molecule has 276 valence electrons. The van der Waals surface area contributed by atoms with Crippen molar-refractivity contribution in [3.8, 4) is 0 Å². The number of thioether (sulfide) groups is 1. The molecule has 17 nitrogen and oxygen atoms in total. The van der Waals surface area contributed by atoms with Crippen LogP contribution in [-0.2, 0) is 44.1 Å². The molecule has 1 saturated heterocycles. The fourth-order valence-electron chi connectivity index (χ4n) is 5.21. The molecule has 0 saturated carbocycles. The lowest BCUT2D eigenvalue weighted by molar-refractivity contribution is -0.142. The van der Waals surface area contributed by atoms with Crippen molar-refractivity contribution in [2.24, 2.45) is 28.9 Å². The molecule has 1 heterocycles. The van der Waals surface area contributed by atoms with Crippen LogP contribution in [0.4, 0.5) is 0 Å². The SMILES string of the molecule is CC(C)C[C@H](NC(=O)[C@@H]1CCCN1C(=O)[C@H](CSCc1ccccc1)NC(=O)[C@H](CC(N)=O)NC(=O)[C@@H](N)CCC(N)=O)C(=O)NCC(N)=O. The van der Waals surface area contributed by atoms with Crippen molar-refractivity contribution < 1.29 is 38.4 Å². The molecule has 50 heavy (non-hydrogen) atoms. The number of carbonyl (C=O) groups is 8. The number of hydrogen-bond donors (Lipinski definition) is 8. The van der Waals surface area contributed by atoms with Crippen LogP contribution in [0.15, 0.2) is 30.3 Å². The standard InChI is InChI=1S/C32H49N9O8S/c1-18(2)13-21(29(46)37-15-27(36)44)39-31(48)24-9-6-12-41(24)32(49)23(17-50-16-19-7-4-3-5-8-19)40-30(47)22(14-26(35)43)38-28(45)20(33)10-11-25(34)42/h3-5,7-8,18,20-24H,6,9-17,33H2,1-2H3,(H2,34,42)(H2,35,43)(H2,36,44)(H,37,46)(H,38,45)(H,39,48)(H,40,47)/t20-,21-,22-,23-,24-/m0/s1. The summed E-state index contributed by atoms with van der Waals surface area (Å²) in [5, 5.41) is 10.1. The maximum Gasteiger partial charge on any atom is 0.246 e. The fourth-order valence-corrected chi connectivity index (χ4v) is 6.21. The Balaban J connectivity index is 2.28. The molecule has 8 amide bonds. The predicted octanol–water partition coefficient (Wildman–Crippen LogP) is -2.52. The lowest BCUT2D eigenvalue weighted by Crippen LogP contribution is -2.59. The van der Waals surface area contributed by atoms with E-state index < -0.39 is 90.4 Å². The molecule has 2 rings (SSSR count). The van der Waals surface area contributed by atoms with Gasteiger partial charge in [-0.05, 0) is 37.2 Å². The van der Waals surface area contributed by atoms with Crippen molar-refractivity contribution in [3.63, 3.8) is 0 Å². The maximum absolute atomic E-state index is 14.1. The van der Waals surface area contributed by atoms with E-state index in [2.05, 4.69) is 21.3 Å². The number of hydrogen-bond acceptors (Lipinski definition) is 10. The highest BCUT2D eigenvalue weighted by Crippen LogP contribution is 2.22. The number of benzene rings is 1. The third-order valence-corrected chi connectivity index (χ3v) is 8.81. The molecule has 1 aliphatic rings. The molecule has 0 spiro atoms. The van der Waals surface area contributed by atoms with Gasteiger partial charge in [-0.15, -0.1) is 0 Å². The summed E-state index contributed by atoms with van der Waals surface area (Å²) in [7, 11) is 0. The highest BCUT2D eigenvalue weighted by molar-refractivity contribution is 7.98. The molecule has 1 aromatic carbocycles. The highest BCUT2D eigenvalue weighted by Gasteiger charge is 2.40. The summed E-state index contributed by atoms with van der Waals surface area (Å²) >= 11 is 1.34. The van der Waals surface area contributed by atoms with Crippen LogP contribution in [0.2, 0.25) is 0 Å². The van der Waals surface area contributed by atoms with Crippen LogP contribution < -0.4 is 44.2 Å². The summed E-state index contributed by atoms with van der Waals surface area (Å²) in [6, 6.07) is 3.50. The molecule has 1 aromatic rings. The summed E-state index contributed by atoms with van der Waals surface area (Å²) in [6.07, 6.45) is 0.112. The molecular formula is C32H49N9O8S. The number of rotatable bonds is 21. The zero-order chi connectivity index (χ0) is 37.4. The molecule has 18 heteroatoms. The third-order valence-electron chi connectivity index (χ3n) is 7.70. The second-order valence-corrected chi connectivity index (χ2v) is 13.5. The van der Waals surface area contributed by atoms with Crippen LogP contribution in [-0.4, -0.2) is 101 Å². The molecule has 0 aliphatic carbocycles. The zero-order valence-corrected chi connectivity index (χ0v) is 29.2. The molecular weight excluding hydrogens is 670 g/mol. The monoisotopic (exact) mass is 719 g/mol. The Labute approximate surface area is 295 Å². The van der Waals surface area contributed by atoms with E-state index in [9.17, 15) is 38.4 Å². The van der Waals surface area contributed by atoms with Crippen LogP contribution in [0.1, 0.15) is 57.9 Å². The minimum absolute atomic E-state index is 0.00582. The average Bonchev–Trinajstić information content (AvgIpc) is 3.55. The van der Waals surface area contributed by atoms with Gasteiger partial charge in [0.1, 0.15) is 24.2 Å². The first-order chi connectivity index (χ1) is 23.6. The van der Waals surface area contributed by atoms with Gasteiger partial charge in [-0.1, -0.05) is 44.2 Å². The summed E-state index contributed by atoms with van der Waals surface area (Å²) in [4.78, 5) is 102. The van der Waals surface area contributed by atoms with E-state index >= 15 is 0 Å². The van der Waals surface area contributed by atoms with Gasteiger partial charge in [0.2, 0.25) is 47.3 Å². The van der Waals surface area contributed by atoms with E-state index in [1.807, 2.05) is 44.2 Å². The van der Waals surface area contributed by atoms with Crippen LogP contribution in [0.3, 0.4) is 0 Å². The maximum atomic E-state index is 14.1. The van der Waals surface area contributed by atoms with Gasteiger partial charge in [-0.25, -0.2) is 0 Å². The number of nitrogens with one attached hydrogen (secondary N) is 4. The normalized spacial score (nSPS) is 16.4. The van der Waals surface area contributed by atoms with Gasteiger partial charge in [-0.2, -0.15) is 11.8 Å². The van der Waals surface area contributed by atoms with E-state index in [0.29, 0.717) is 12.2 Å². The summed E-state index contributed by atoms with van der Waals surface area (Å²) in [6.45, 7) is 3.49. The number of likely N-dealkylation sites (tertiary alicyclic amines) is 1.